The van der Waals surface area contributed by atoms with E-state index in [1.165, 1.54) is 12.1 Å². The second kappa shape index (κ2) is 5.96. The molecular weight excluding hydrogens is 307 g/mol. The van der Waals surface area contributed by atoms with Gasteiger partial charge >= 0.3 is 0 Å². The molecule has 0 amide bonds. The minimum Gasteiger partial charge on any atom is -0.398 e. The first-order valence-electron chi connectivity index (χ1n) is 7.73. The van der Waals surface area contributed by atoms with Crippen LogP contribution in [0.2, 0.25) is 0 Å². The SMILES string of the molecule is CCn1c(=O)c(-c2cc(N)c(C)cc2F)cc2cnc(NC)cc21. The summed E-state index contributed by atoms with van der Waals surface area (Å²) in [5, 5.41) is 3.72. The van der Waals surface area contributed by atoms with Gasteiger partial charge in [0.05, 0.1) is 11.1 Å². The Labute approximate surface area is 138 Å². The number of fused-ring (bicyclic) bond motifs is 1. The maximum atomic E-state index is 14.4. The van der Waals surface area contributed by atoms with Gasteiger partial charge in [-0.3, -0.25) is 4.79 Å². The summed E-state index contributed by atoms with van der Waals surface area (Å²) in [5.41, 5.74) is 8.01. The van der Waals surface area contributed by atoms with Gasteiger partial charge in [0, 0.05) is 42.5 Å². The van der Waals surface area contributed by atoms with E-state index in [2.05, 4.69) is 10.3 Å². The molecular formula is C18H19FN4O. The van der Waals surface area contributed by atoms with Crippen molar-refractivity contribution in [2.45, 2.75) is 20.4 Å². The summed E-state index contributed by atoms with van der Waals surface area (Å²) in [6.45, 7) is 4.08. The summed E-state index contributed by atoms with van der Waals surface area (Å²) in [4.78, 5) is 17.2. The minimum absolute atomic E-state index is 0.213. The summed E-state index contributed by atoms with van der Waals surface area (Å²) in [6, 6.07) is 6.35. The van der Waals surface area contributed by atoms with E-state index in [1.807, 2.05) is 13.0 Å². The molecule has 0 radical (unpaired) electrons. The van der Waals surface area contributed by atoms with Gasteiger partial charge in [-0.05, 0) is 37.6 Å². The molecule has 0 aliphatic heterocycles. The predicted molar refractivity (Wildman–Crippen MR) is 95.8 cm³/mol. The number of nitrogens with two attached hydrogens (primary N) is 1. The molecule has 0 atom stereocenters. The van der Waals surface area contributed by atoms with E-state index in [0.717, 1.165) is 10.9 Å². The largest absolute Gasteiger partial charge is 0.398 e. The molecule has 3 N–H and O–H groups in total. The Balaban J connectivity index is 2.36. The first-order valence-corrected chi connectivity index (χ1v) is 7.73. The molecule has 2 aromatic heterocycles. The van der Waals surface area contributed by atoms with Crippen LogP contribution in [0.5, 0.6) is 0 Å². The average Bonchev–Trinajstić information content (AvgIpc) is 2.57. The third kappa shape index (κ3) is 2.50. The lowest BCUT2D eigenvalue weighted by molar-refractivity contribution is 0.629. The molecule has 124 valence electrons. The van der Waals surface area contributed by atoms with Crippen LogP contribution in [0.15, 0.2) is 35.3 Å². The molecule has 3 rings (SSSR count). The van der Waals surface area contributed by atoms with Crippen LogP contribution in [-0.2, 0) is 6.54 Å². The third-order valence-electron chi connectivity index (χ3n) is 4.20. The van der Waals surface area contributed by atoms with Gasteiger partial charge in [0.15, 0.2) is 0 Å². The molecule has 0 saturated heterocycles. The molecule has 24 heavy (non-hydrogen) atoms. The number of hydrogen-bond donors (Lipinski definition) is 2. The maximum absolute atomic E-state index is 14.4. The molecule has 5 nitrogen and oxygen atoms in total. The minimum atomic E-state index is -0.458. The Morgan fingerprint density at radius 2 is 2.00 bits per heavy atom. The number of anilines is 2. The monoisotopic (exact) mass is 326 g/mol. The fourth-order valence-electron chi connectivity index (χ4n) is 2.81. The number of benzene rings is 1. The van der Waals surface area contributed by atoms with Crippen molar-refractivity contribution in [3.63, 3.8) is 0 Å². The lowest BCUT2D eigenvalue weighted by atomic mass is 10.0. The highest BCUT2D eigenvalue weighted by molar-refractivity contribution is 5.85. The first kappa shape index (κ1) is 16.0. The molecule has 0 aliphatic rings. The first-order chi connectivity index (χ1) is 11.5. The molecule has 0 unspecified atom stereocenters. The lowest BCUT2D eigenvalue weighted by Gasteiger charge is -2.13. The van der Waals surface area contributed by atoms with Gasteiger partial charge in [-0.25, -0.2) is 9.37 Å². The van der Waals surface area contributed by atoms with Crippen LogP contribution in [0, 0.1) is 12.7 Å². The van der Waals surface area contributed by atoms with E-state index in [0.29, 0.717) is 23.6 Å². The van der Waals surface area contributed by atoms with Crippen molar-refractivity contribution in [2.75, 3.05) is 18.1 Å². The summed E-state index contributed by atoms with van der Waals surface area (Å²) in [5.74, 6) is 0.211. The van der Waals surface area contributed by atoms with E-state index in [9.17, 15) is 9.18 Å². The van der Waals surface area contributed by atoms with Gasteiger partial charge in [0.25, 0.3) is 5.56 Å². The van der Waals surface area contributed by atoms with Crippen molar-refractivity contribution >= 4 is 22.4 Å². The summed E-state index contributed by atoms with van der Waals surface area (Å²) >= 11 is 0. The van der Waals surface area contributed by atoms with E-state index in [-0.39, 0.29) is 16.7 Å². The lowest BCUT2D eigenvalue weighted by Crippen LogP contribution is -2.22. The Morgan fingerprint density at radius 1 is 1.25 bits per heavy atom. The summed E-state index contributed by atoms with van der Waals surface area (Å²) in [7, 11) is 1.77. The van der Waals surface area contributed by atoms with Gasteiger partial charge < -0.3 is 15.6 Å². The van der Waals surface area contributed by atoms with Gasteiger partial charge in [0.1, 0.15) is 11.6 Å². The van der Waals surface area contributed by atoms with Gasteiger partial charge in [-0.2, -0.15) is 0 Å². The number of nitrogen functional groups attached to an aromatic ring is 1. The van der Waals surface area contributed by atoms with Crippen LogP contribution in [0.1, 0.15) is 12.5 Å². The van der Waals surface area contributed by atoms with E-state index in [1.54, 1.807) is 30.8 Å². The fourth-order valence-corrected chi connectivity index (χ4v) is 2.81. The predicted octanol–water partition coefficient (Wildman–Crippen LogP) is 3.15. The van der Waals surface area contributed by atoms with Gasteiger partial charge in [0.2, 0.25) is 0 Å². The molecule has 6 heteroatoms. The maximum Gasteiger partial charge on any atom is 0.259 e. The van der Waals surface area contributed by atoms with Crippen molar-refractivity contribution in [3.05, 3.63) is 52.2 Å². The molecule has 0 bridgehead atoms. The Hall–Kier alpha value is -2.89. The number of nitrogens with zero attached hydrogens (tertiary/aromatic N) is 2. The van der Waals surface area contributed by atoms with Crippen LogP contribution < -0.4 is 16.6 Å². The molecule has 0 aliphatic carbocycles. The average molecular weight is 326 g/mol. The molecule has 0 saturated carbocycles. The van der Waals surface area contributed by atoms with E-state index >= 15 is 0 Å². The van der Waals surface area contributed by atoms with Crippen molar-refractivity contribution in [3.8, 4) is 11.1 Å². The normalized spacial score (nSPS) is 11.0. The van der Waals surface area contributed by atoms with Crippen LogP contribution in [0.4, 0.5) is 15.9 Å². The number of rotatable bonds is 3. The highest BCUT2D eigenvalue weighted by Crippen LogP contribution is 2.27. The number of aryl methyl sites for hydroxylation is 2. The fraction of sp³-hybridized carbons (Fsp3) is 0.222. The second-order valence-electron chi connectivity index (χ2n) is 5.67. The highest BCUT2D eigenvalue weighted by Gasteiger charge is 2.15. The number of hydrogen-bond acceptors (Lipinski definition) is 4. The van der Waals surface area contributed by atoms with Crippen LogP contribution in [0.25, 0.3) is 22.0 Å². The van der Waals surface area contributed by atoms with Crippen molar-refractivity contribution in [1.82, 2.24) is 9.55 Å². The Morgan fingerprint density at radius 3 is 2.67 bits per heavy atom. The molecule has 3 aromatic rings. The second-order valence-corrected chi connectivity index (χ2v) is 5.67. The number of pyridine rings is 2. The quantitative estimate of drug-likeness (QED) is 0.725. The molecule has 0 spiro atoms. The Kier molecular flexibility index (Phi) is 3.97. The van der Waals surface area contributed by atoms with Gasteiger partial charge in [-0.1, -0.05) is 0 Å². The number of halogens is 1. The van der Waals surface area contributed by atoms with Crippen molar-refractivity contribution < 1.29 is 4.39 Å². The zero-order valence-corrected chi connectivity index (χ0v) is 13.9. The Bertz CT molecular complexity index is 994. The van der Waals surface area contributed by atoms with Crippen LogP contribution in [0.3, 0.4) is 0 Å². The summed E-state index contributed by atoms with van der Waals surface area (Å²) in [6.07, 6.45) is 1.67. The van der Waals surface area contributed by atoms with E-state index < -0.39 is 5.82 Å². The van der Waals surface area contributed by atoms with Crippen molar-refractivity contribution in [2.24, 2.45) is 0 Å². The topological polar surface area (TPSA) is 72.9 Å². The van der Waals surface area contributed by atoms with Crippen LogP contribution >= 0.6 is 0 Å². The smallest absolute Gasteiger partial charge is 0.259 e. The van der Waals surface area contributed by atoms with Crippen molar-refractivity contribution in [1.29, 1.82) is 0 Å². The molecule has 2 heterocycles. The molecule has 0 fully saturated rings. The van der Waals surface area contributed by atoms with Gasteiger partial charge in [-0.15, -0.1) is 0 Å². The van der Waals surface area contributed by atoms with E-state index in [4.69, 9.17) is 5.73 Å². The number of aromatic nitrogens is 2. The van der Waals surface area contributed by atoms with Crippen LogP contribution in [-0.4, -0.2) is 16.6 Å². The highest BCUT2D eigenvalue weighted by atomic mass is 19.1. The number of nitrogens with one attached hydrogen (secondary N) is 1. The molecule has 1 aromatic carbocycles. The third-order valence-corrected chi connectivity index (χ3v) is 4.20. The zero-order chi connectivity index (χ0) is 17.4. The standard InChI is InChI=1S/C18H19FN4O/c1-4-23-16-8-17(21-3)22-9-11(16)6-13(18(23)24)12-7-15(20)10(2)5-14(12)19/h5-9H,4,20H2,1-3H3,(H,21,22). The zero-order valence-electron chi connectivity index (χ0n) is 13.9. The summed E-state index contributed by atoms with van der Waals surface area (Å²) < 4.78 is 16.0.